The summed E-state index contributed by atoms with van der Waals surface area (Å²) in [4.78, 5) is 4.75. The molecule has 5 nitrogen and oxygen atoms in total. The van der Waals surface area contributed by atoms with Crippen LogP contribution in [0.5, 0.6) is 11.5 Å². The van der Waals surface area contributed by atoms with Crippen LogP contribution in [0.2, 0.25) is 0 Å². The molecule has 5 heteroatoms. The lowest BCUT2D eigenvalue weighted by molar-refractivity contribution is 0.266. The number of hydrogen-bond acceptors (Lipinski definition) is 4. The monoisotopic (exact) mass is 387 g/mol. The smallest absolute Gasteiger partial charge is 0.180 e. The van der Waals surface area contributed by atoms with Gasteiger partial charge in [0.1, 0.15) is 5.75 Å². The molecule has 29 heavy (non-hydrogen) atoms. The first kappa shape index (κ1) is 18.9. The number of pyridine rings is 1. The number of benzene rings is 2. The van der Waals surface area contributed by atoms with E-state index in [-0.39, 0.29) is 0 Å². The van der Waals surface area contributed by atoms with Gasteiger partial charge in [-0.2, -0.15) is 0 Å². The van der Waals surface area contributed by atoms with Gasteiger partial charge in [-0.15, -0.1) is 0 Å². The maximum absolute atomic E-state index is 6.00. The lowest BCUT2D eigenvalue weighted by atomic mass is 10.1. The third-order valence-electron chi connectivity index (χ3n) is 4.80. The molecule has 0 saturated heterocycles. The number of rotatable bonds is 8. The zero-order chi connectivity index (χ0) is 20.1. The second kappa shape index (κ2) is 8.69. The Labute approximate surface area is 170 Å². The van der Waals surface area contributed by atoms with Crippen molar-refractivity contribution in [3.05, 3.63) is 78.6 Å². The SMILES string of the molecule is Cc1ccccc1OCCCCOc1cccn2cc(-c3ccc(N)cc3)nc12. The Kier molecular flexibility index (Phi) is 5.66. The molecule has 0 aliphatic rings. The van der Waals surface area contributed by atoms with Gasteiger partial charge in [0.25, 0.3) is 0 Å². The number of imidazole rings is 1. The summed E-state index contributed by atoms with van der Waals surface area (Å²) in [6.45, 7) is 3.37. The van der Waals surface area contributed by atoms with E-state index >= 15 is 0 Å². The van der Waals surface area contributed by atoms with E-state index in [1.807, 2.05) is 71.4 Å². The third kappa shape index (κ3) is 4.51. The van der Waals surface area contributed by atoms with Crippen molar-refractivity contribution in [2.24, 2.45) is 0 Å². The van der Waals surface area contributed by atoms with Crippen molar-refractivity contribution in [3.63, 3.8) is 0 Å². The highest BCUT2D eigenvalue weighted by Crippen LogP contribution is 2.25. The normalized spacial score (nSPS) is 10.9. The summed E-state index contributed by atoms with van der Waals surface area (Å²) < 4.78 is 13.8. The molecule has 2 heterocycles. The number of nitrogens with zero attached hydrogens (tertiary/aromatic N) is 2. The molecule has 4 aromatic rings. The number of aryl methyl sites for hydroxylation is 1. The highest BCUT2D eigenvalue weighted by molar-refractivity contribution is 5.67. The van der Waals surface area contributed by atoms with Crippen LogP contribution in [-0.4, -0.2) is 22.6 Å². The number of nitrogens with two attached hydrogens (primary N) is 1. The van der Waals surface area contributed by atoms with E-state index in [0.717, 1.165) is 52.5 Å². The van der Waals surface area contributed by atoms with Crippen LogP contribution in [0, 0.1) is 6.92 Å². The number of anilines is 1. The fourth-order valence-corrected chi connectivity index (χ4v) is 3.18. The maximum atomic E-state index is 6.00. The molecule has 148 valence electrons. The van der Waals surface area contributed by atoms with E-state index in [0.29, 0.717) is 13.2 Å². The topological polar surface area (TPSA) is 61.8 Å². The van der Waals surface area contributed by atoms with Crippen LogP contribution in [-0.2, 0) is 0 Å². The first-order valence-electron chi connectivity index (χ1n) is 9.85. The van der Waals surface area contributed by atoms with E-state index < -0.39 is 0 Å². The van der Waals surface area contributed by atoms with Gasteiger partial charge in [-0.1, -0.05) is 30.3 Å². The Hall–Kier alpha value is -3.47. The molecular weight excluding hydrogens is 362 g/mol. The van der Waals surface area contributed by atoms with Crippen molar-refractivity contribution in [3.8, 4) is 22.8 Å². The lowest BCUT2D eigenvalue weighted by Gasteiger charge is -2.09. The van der Waals surface area contributed by atoms with Gasteiger partial charge < -0.3 is 19.6 Å². The minimum Gasteiger partial charge on any atom is -0.493 e. The standard InChI is InChI=1S/C24H25N3O2/c1-18-7-2-3-8-22(18)28-15-4-5-16-29-23-9-6-14-27-17-21(26-24(23)27)19-10-12-20(25)13-11-19/h2-3,6-14,17H,4-5,15-16,25H2,1H3. The van der Waals surface area contributed by atoms with E-state index in [4.69, 9.17) is 20.2 Å². The number of aromatic nitrogens is 2. The van der Waals surface area contributed by atoms with Crippen LogP contribution in [0.3, 0.4) is 0 Å². The highest BCUT2D eigenvalue weighted by Gasteiger charge is 2.09. The van der Waals surface area contributed by atoms with E-state index in [1.54, 1.807) is 0 Å². The van der Waals surface area contributed by atoms with Crippen molar-refractivity contribution in [2.45, 2.75) is 19.8 Å². The number of ether oxygens (including phenoxy) is 2. The average molecular weight is 387 g/mol. The Morgan fingerprint density at radius 3 is 2.31 bits per heavy atom. The molecule has 0 amide bonds. The van der Waals surface area contributed by atoms with Crippen molar-refractivity contribution >= 4 is 11.3 Å². The van der Waals surface area contributed by atoms with Crippen LogP contribution in [0.4, 0.5) is 5.69 Å². The van der Waals surface area contributed by atoms with E-state index in [1.165, 1.54) is 0 Å². The quantitative estimate of drug-likeness (QED) is 0.336. The van der Waals surface area contributed by atoms with Gasteiger partial charge in [0.2, 0.25) is 0 Å². The predicted molar refractivity (Wildman–Crippen MR) is 116 cm³/mol. The van der Waals surface area contributed by atoms with Crippen LogP contribution in [0.1, 0.15) is 18.4 Å². The summed E-state index contributed by atoms with van der Waals surface area (Å²) in [5, 5.41) is 0. The summed E-state index contributed by atoms with van der Waals surface area (Å²) in [7, 11) is 0. The van der Waals surface area contributed by atoms with Crippen molar-refractivity contribution < 1.29 is 9.47 Å². The molecule has 4 rings (SSSR count). The maximum Gasteiger partial charge on any atom is 0.180 e. The molecule has 0 unspecified atom stereocenters. The summed E-state index contributed by atoms with van der Waals surface area (Å²) in [5.74, 6) is 1.74. The van der Waals surface area contributed by atoms with Crippen LogP contribution >= 0.6 is 0 Å². The largest absolute Gasteiger partial charge is 0.493 e. The molecular formula is C24H25N3O2. The number of para-hydroxylation sites is 1. The fourth-order valence-electron chi connectivity index (χ4n) is 3.18. The summed E-state index contributed by atoms with van der Waals surface area (Å²) in [6.07, 6.45) is 5.83. The van der Waals surface area contributed by atoms with Gasteiger partial charge in [-0.05, 0) is 55.7 Å². The molecule has 2 aromatic carbocycles. The number of hydrogen-bond donors (Lipinski definition) is 1. The van der Waals surface area contributed by atoms with Gasteiger partial charge >= 0.3 is 0 Å². The first-order chi connectivity index (χ1) is 14.2. The molecule has 0 saturated carbocycles. The van der Waals surface area contributed by atoms with Crippen molar-refractivity contribution in [2.75, 3.05) is 18.9 Å². The van der Waals surface area contributed by atoms with E-state index in [9.17, 15) is 0 Å². The first-order valence-corrected chi connectivity index (χ1v) is 9.85. The summed E-state index contributed by atoms with van der Waals surface area (Å²) in [5.41, 5.74) is 10.4. The summed E-state index contributed by atoms with van der Waals surface area (Å²) >= 11 is 0. The molecule has 0 spiro atoms. The van der Waals surface area contributed by atoms with Crippen molar-refractivity contribution in [1.29, 1.82) is 0 Å². The van der Waals surface area contributed by atoms with Gasteiger partial charge in [-0.3, -0.25) is 0 Å². The van der Waals surface area contributed by atoms with Crippen LogP contribution in [0.15, 0.2) is 73.1 Å². The van der Waals surface area contributed by atoms with E-state index in [2.05, 4.69) is 13.0 Å². The Bertz CT molecular complexity index is 1090. The Balaban J connectivity index is 1.33. The minimum atomic E-state index is 0.626. The van der Waals surface area contributed by atoms with Gasteiger partial charge in [0.15, 0.2) is 11.4 Å². The second-order valence-electron chi connectivity index (χ2n) is 7.02. The lowest BCUT2D eigenvalue weighted by Crippen LogP contribution is -2.04. The average Bonchev–Trinajstić information content (AvgIpc) is 3.17. The second-order valence-corrected chi connectivity index (χ2v) is 7.02. The molecule has 0 aliphatic heterocycles. The molecule has 2 aromatic heterocycles. The van der Waals surface area contributed by atoms with Crippen LogP contribution in [0.25, 0.3) is 16.9 Å². The zero-order valence-corrected chi connectivity index (χ0v) is 16.5. The van der Waals surface area contributed by atoms with Crippen molar-refractivity contribution in [1.82, 2.24) is 9.38 Å². The minimum absolute atomic E-state index is 0.626. The van der Waals surface area contributed by atoms with Gasteiger partial charge in [0.05, 0.1) is 18.9 Å². The zero-order valence-electron chi connectivity index (χ0n) is 16.5. The molecule has 0 atom stereocenters. The molecule has 0 aliphatic carbocycles. The highest BCUT2D eigenvalue weighted by atomic mass is 16.5. The number of fused-ring (bicyclic) bond motifs is 1. The van der Waals surface area contributed by atoms with Gasteiger partial charge in [0, 0.05) is 23.6 Å². The molecule has 0 fully saturated rings. The van der Waals surface area contributed by atoms with Gasteiger partial charge in [-0.25, -0.2) is 4.98 Å². The molecule has 2 N–H and O–H groups in total. The number of nitrogen functional groups attached to an aromatic ring is 1. The molecule has 0 radical (unpaired) electrons. The fraction of sp³-hybridized carbons (Fsp3) is 0.208. The van der Waals surface area contributed by atoms with Crippen LogP contribution < -0.4 is 15.2 Å². The number of unbranched alkanes of at least 4 members (excludes halogenated alkanes) is 1. The summed E-state index contributed by atoms with van der Waals surface area (Å²) in [6, 6.07) is 19.7. The molecule has 0 bridgehead atoms. The Morgan fingerprint density at radius 1 is 0.862 bits per heavy atom. The predicted octanol–water partition coefficient (Wildman–Crippen LogP) is 5.13. The Morgan fingerprint density at radius 2 is 1.55 bits per heavy atom. The third-order valence-corrected chi connectivity index (χ3v) is 4.80.